The molecule has 0 aliphatic carbocycles. The zero-order chi connectivity index (χ0) is 30.4. The smallest absolute Gasteiger partial charge is 0.418 e. The summed E-state index contributed by atoms with van der Waals surface area (Å²) in [4.78, 5) is 0. The fourth-order valence-electron chi connectivity index (χ4n) is 4.58. The summed E-state index contributed by atoms with van der Waals surface area (Å²) in [6.45, 7) is 0. The van der Waals surface area contributed by atoms with Crippen LogP contribution in [0.25, 0.3) is 56.0 Å². The summed E-state index contributed by atoms with van der Waals surface area (Å²) in [6.07, 6.45) is 0. The third-order valence-electron chi connectivity index (χ3n) is 6.59. The maximum Gasteiger partial charge on any atom is 0.673 e. The van der Waals surface area contributed by atoms with Crippen LogP contribution < -0.4 is 0 Å². The summed E-state index contributed by atoms with van der Waals surface area (Å²) < 4.78 is 45.5. The molecule has 0 unspecified atom stereocenters. The van der Waals surface area contributed by atoms with Crippen molar-refractivity contribution in [2.75, 3.05) is 0 Å². The molecule has 0 amide bonds. The summed E-state index contributed by atoms with van der Waals surface area (Å²) in [6, 6.07) is 47.2. The minimum Gasteiger partial charge on any atom is -0.418 e. The predicted octanol–water partition coefficient (Wildman–Crippen LogP) is 12.5. The number of hydrogen-bond donors (Lipinski definition) is 0. The number of rotatable bonds is 5. The third-order valence-corrected chi connectivity index (χ3v) is 7.14. The van der Waals surface area contributed by atoms with Crippen LogP contribution in [0.5, 0.6) is 0 Å². The molecule has 8 heteroatoms. The predicted molar refractivity (Wildman–Crippen MR) is 171 cm³/mol. The minimum absolute atomic E-state index is 0.597. The quantitative estimate of drug-likeness (QED) is 0.106. The zero-order valence-corrected chi connectivity index (χ0v) is 24.0. The molecule has 6 rings (SSSR count). The molecule has 43 heavy (non-hydrogen) atoms. The van der Waals surface area contributed by atoms with E-state index in [-0.39, 0.29) is 0 Å². The van der Waals surface area contributed by atoms with E-state index >= 15 is 0 Å². The summed E-state index contributed by atoms with van der Waals surface area (Å²) in [5.41, 5.74) is 8.50. The van der Waals surface area contributed by atoms with Gasteiger partial charge in [-0.3, -0.25) is 0 Å². The van der Waals surface area contributed by atoms with E-state index in [2.05, 4.69) is 72.8 Å². The van der Waals surface area contributed by atoms with Crippen LogP contribution in [0.2, 0.25) is 10.0 Å². The third kappa shape index (κ3) is 8.13. The highest BCUT2D eigenvalue weighted by molar-refractivity contribution is 6.50. The molecule has 0 atom stereocenters. The summed E-state index contributed by atoms with van der Waals surface area (Å²) in [5, 5.41) is 1.20. The van der Waals surface area contributed by atoms with E-state index in [1.165, 1.54) is 11.1 Å². The summed E-state index contributed by atoms with van der Waals surface area (Å²) in [5.74, 6) is 1.52. The molecule has 1 aromatic heterocycles. The normalized spacial score (nSPS) is 11.0. The molecule has 5 aromatic carbocycles. The fourth-order valence-corrected chi connectivity index (χ4v) is 5.10. The average Bonchev–Trinajstić information content (AvgIpc) is 3.01. The molecule has 0 aliphatic heterocycles. The number of benzene rings is 5. The van der Waals surface area contributed by atoms with E-state index in [9.17, 15) is 17.3 Å². The summed E-state index contributed by atoms with van der Waals surface area (Å²) in [7, 11) is -6.00. The van der Waals surface area contributed by atoms with Gasteiger partial charge in [-0.15, -0.1) is 0 Å². The molecule has 0 fully saturated rings. The van der Waals surface area contributed by atoms with Crippen molar-refractivity contribution in [2.45, 2.75) is 0 Å². The maximum absolute atomic E-state index is 9.75. The van der Waals surface area contributed by atoms with Gasteiger partial charge in [0.1, 0.15) is 0 Å². The molecular formula is C35H23BCl2F4O. The molecule has 0 radical (unpaired) electrons. The lowest BCUT2D eigenvalue weighted by atomic mass is 9.99. The minimum atomic E-state index is -6.00. The standard InChI is InChI=1S/C35H23Cl2O.BF4/c36-31-19-20-32(33(37)23-31)30-21-34(28-15-11-26(12-16-28)24-7-3-1-4-8-24)38-35(22-30)29-17-13-27(14-18-29)25-9-5-2-6-10-25;2-1(3,4)5/h1-23H;/q+1;-1. The zero-order valence-electron chi connectivity index (χ0n) is 22.5. The Morgan fingerprint density at radius 3 is 1.19 bits per heavy atom. The Morgan fingerprint density at radius 1 is 0.419 bits per heavy atom. The van der Waals surface area contributed by atoms with Gasteiger partial charge in [0.2, 0.25) is 0 Å². The molecule has 0 saturated heterocycles. The topological polar surface area (TPSA) is 11.3 Å². The highest BCUT2D eigenvalue weighted by Crippen LogP contribution is 2.37. The second kappa shape index (κ2) is 13.3. The van der Waals surface area contributed by atoms with E-state index in [4.69, 9.17) is 27.6 Å². The van der Waals surface area contributed by atoms with Crippen LogP contribution in [0, 0.1) is 0 Å². The largest absolute Gasteiger partial charge is 0.673 e. The van der Waals surface area contributed by atoms with Crippen LogP contribution in [0.15, 0.2) is 144 Å². The lowest BCUT2D eigenvalue weighted by Gasteiger charge is -2.06. The average molecular weight is 617 g/mol. The molecule has 0 bridgehead atoms. The van der Waals surface area contributed by atoms with Crippen LogP contribution in [0.1, 0.15) is 0 Å². The van der Waals surface area contributed by atoms with Gasteiger partial charge < -0.3 is 17.3 Å². The second-order valence-corrected chi connectivity index (χ2v) is 10.4. The lowest BCUT2D eigenvalue weighted by Crippen LogP contribution is -2.02. The van der Waals surface area contributed by atoms with Crippen molar-refractivity contribution in [2.24, 2.45) is 0 Å². The molecule has 0 spiro atoms. The van der Waals surface area contributed by atoms with Gasteiger partial charge in [-0.1, -0.05) is 114 Å². The second-order valence-electron chi connectivity index (χ2n) is 9.58. The Kier molecular flexibility index (Phi) is 9.29. The highest BCUT2D eigenvalue weighted by Gasteiger charge is 2.22. The maximum atomic E-state index is 9.75. The van der Waals surface area contributed by atoms with Crippen molar-refractivity contribution < 1.29 is 21.7 Å². The van der Waals surface area contributed by atoms with Crippen molar-refractivity contribution in [3.05, 3.63) is 150 Å². The van der Waals surface area contributed by atoms with E-state index < -0.39 is 7.25 Å². The van der Waals surface area contributed by atoms with Crippen molar-refractivity contribution in [3.63, 3.8) is 0 Å². The Balaban J connectivity index is 0.000000682. The van der Waals surface area contributed by atoms with Crippen molar-refractivity contribution in [1.29, 1.82) is 0 Å². The van der Waals surface area contributed by atoms with Gasteiger partial charge in [0.15, 0.2) is 0 Å². The van der Waals surface area contributed by atoms with E-state index in [0.29, 0.717) is 10.0 Å². The van der Waals surface area contributed by atoms with Gasteiger partial charge in [0, 0.05) is 21.2 Å². The molecular weight excluding hydrogens is 594 g/mol. The van der Waals surface area contributed by atoms with Crippen LogP contribution in [-0.4, -0.2) is 7.25 Å². The molecule has 0 N–H and O–H groups in total. The first-order valence-electron chi connectivity index (χ1n) is 13.3. The van der Waals surface area contributed by atoms with Gasteiger partial charge >= 0.3 is 18.8 Å². The van der Waals surface area contributed by atoms with Gasteiger partial charge in [0.05, 0.1) is 23.3 Å². The Labute approximate surface area is 257 Å². The molecule has 1 heterocycles. The van der Waals surface area contributed by atoms with Crippen LogP contribution >= 0.6 is 23.2 Å². The Hall–Kier alpha value is -4.39. The Bertz CT molecular complexity index is 1700. The first-order chi connectivity index (χ1) is 20.6. The fraction of sp³-hybridized carbons (Fsp3) is 0. The first kappa shape index (κ1) is 30.1. The highest BCUT2D eigenvalue weighted by atomic mass is 35.5. The van der Waals surface area contributed by atoms with E-state index in [1.807, 2.05) is 60.7 Å². The molecule has 0 aliphatic rings. The molecule has 0 saturated carbocycles. The monoisotopic (exact) mass is 616 g/mol. The Morgan fingerprint density at radius 2 is 0.791 bits per heavy atom. The SMILES string of the molecule is Clc1ccc(-c2cc(-c3ccc(-c4ccccc4)cc3)[o+]c(-c3ccc(-c4ccccc4)cc3)c2)c(Cl)c1.F[B-](F)(F)F. The van der Waals surface area contributed by atoms with E-state index in [0.717, 1.165) is 44.9 Å². The summed E-state index contributed by atoms with van der Waals surface area (Å²) >= 11 is 12.8. The molecule has 6 aromatic rings. The first-order valence-corrected chi connectivity index (χ1v) is 14.0. The van der Waals surface area contributed by atoms with Crippen molar-refractivity contribution in [3.8, 4) is 56.0 Å². The van der Waals surface area contributed by atoms with Gasteiger partial charge in [-0.25, -0.2) is 4.42 Å². The molecule has 1 nitrogen and oxygen atoms in total. The van der Waals surface area contributed by atoms with Crippen molar-refractivity contribution in [1.82, 2.24) is 0 Å². The van der Waals surface area contributed by atoms with Crippen molar-refractivity contribution >= 4 is 30.5 Å². The van der Waals surface area contributed by atoms with E-state index in [1.54, 1.807) is 6.07 Å². The van der Waals surface area contributed by atoms with Gasteiger partial charge in [-0.05, 0) is 58.7 Å². The number of hydrogen-bond acceptors (Lipinski definition) is 0. The van der Waals surface area contributed by atoms with Crippen LogP contribution in [-0.2, 0) is 0 Å². The molecule has 214 valence electrons. The lowest BCUT2D eigenvalue weighted by molar-refractivity contribution is 0.368. The number of halogens is 6. The van der Waals surface area contributed by atoms with Gasteiger partial charge in [-0.2, -0.15) is 0 Å². The van der Waals surface area contributed by atoms with Gasteiger partial charge in [0.25, 0.3) is 0 Å². The van der Waals surface area contributed by atoms with Crippen LogP contribution in [0.4, 0.5) is 17.3 Å². The van der Waals surface area contributed by atoms with Crippen LogP contribution in [0.3, 0.4) is 0 Å².